The molecule has 0 N–H and O–H groups in total. The average Bonchev–Trinajstić information content (AvgIpc) is 3.30. The molecular formula is C28H34N4O3S. The highest BCUT2D eigenvalue weighted by atomic mass is 32.2. The summed E-state index contributed by atoms with van der Waals surface area (Å²) >= 11 is 0. The van der Waals surface area contributed by atoms with E-state index in [4.69, 9.17) is 4.74 Å². The first-order chi connectivity index (χ1) is 17.2. The standard InChI is InChI=1S/C28H34N4O3S/c1-19-28(21(3)30(4)29-19)36(33,34)31-15-13-23(14-16-31)27-20(2)32(26-12-7-6-11-25(26)27)18-22-9-8-10-24(17-22)35-5/h6-12,17,23H,13-16,18H2,1-5H3. The SMILES string of the molecule is COc1cccc(Cn2c(C)c(C3CCN(S(=O)(=O)c4c(C)nn(C)c4C)CC3)c3ccccc32)c1. The minimum absolute atomic E-state index is 0.309. The second-order valence-electron chi connectivity index (χ2n) is 9.76. The largest absolute Gasteiger partial charge is 0.497 e. The number of methoxy groups -OCH3 is 1. The summed E-state index contributed by atoms with van der Waals surface area (Å²) in [4.78, 5) is 0.356. The number of hydrogen-bond donors (Lipinski definition) is 0. The van der Waals surface area contributed by atoms with Crippen LogP contribution >= 0.6 is 0 Å². The summed E-state index contributed by atoms with van der Waals surface area (Å²) in [6.07, 6.45) is 1.59. The molecule has 5 rings (SSSR count). The Morgan fingerprint density at radius 1 is 1.00 bits per heavy atom. The van der Waals surface area contributed by atoms with Crippen molar-refractivity contribution in [3.8, 4) is 5.75 Å². The van der Waals surface area contributed by atoms with E-state index in [0.29, 0.717) is 35.3 Å². The van der Waals surface area contributed by atoms with Crippen LogP contribution in [0.1, 0.15) is 47.0 Å². The molecule has 36 heavy (non-hydrogen) atoms. The molecule has 1 aliphatic heterocycles. The van der Waals surface area contributed by atoms with Crippen molar-refractivity contribution in [1.29, 1.82) is 0 Å². The molecule has 0 unspecified atom stereocenters. The van der Waals surface area contributed by atoms with Crippen LogP contribution < -0.4 is 4.74 Å². The van der Waals surface area contributed by atoms with Gasteiger partial charge in [-0.3, -0.25) is 4.68 Å². The first-order valence-corrected chi connectivity index (χ1v) is 13.9. The zero-order valence-corrected chi connectivity index (χ0v) is 22.5. The van der Waals surface area contributed by atoms with Gasteiger partial charge in [-0.1, -0.05) is 30.3 Å². The number of fused-ring (bicyclic) bond motifs is 1. The monoisotopic (exact) mass is 506 g/mol. The third kappa shape index (κ3) is 4.12. The molecule has 4 aromatic rings. The molecule has 190 valence electrons. The minimum atomic E-state index is -3.57. The van der Waals surface area contributed by atoms with Crippen LogP contribution in [-0.4, -0.2) is 47.3 Å². The zero-order valence-electron chi connectivity index (χ0n) is 21.7. The lowest BCUT2D eigenvalue weighted by atomic mass is 9.88. The summed E-state index contributed by atoms with van der Waals surface area (Å²) in [6.45, 7) is 7.57. The average molecular weight is 507 g/mol. The lowest BCUT2D eigenvalue weighted by Crippen LogP contribution is -2.38. The molecule has 1 aliphatic rings. The van der Waals surface area contributed by atoms with Gasteiger partial charge in [0.1, 0.15) is 10.6 Å². The molecule has 7 nitrogen and oxygen atoms in total. The Hall–Kier alpha value is -3.10. The molecule has 0 aliphatic carbocycles. The molecule has 8 heteroatoms. The van der Waals surface area contributed by atoms with Crippen LogP contribution in [0.15, 0.2) is 53.4 Å². The summed E-state index contributed by atoms with van der Waals surface area (Å²) in [5.74, 6) is 1.17. The van der Waals surface area contributed by atoms with E-state index >= 15 is 0 Å². The van der Waals surface area contributed by atoms with Crippen molar-refractivity contribution in [2.45, 2.75) is 51.0 Å². The van der Waals surface area contributed by atoms with Crippen molar-refractivity contribution in [3.05, 3.63) is 76.7 Å². The zero-order chi connectivity index (χ0) is 25.6. The fraction of sp³-hybridized carbons (Fsp3) is 0.393. The molecule has 0 radical (unpaired) electrons. The Labute approximate surface area is 213 Å². The normalized spacial score (nSPS) is 15.6. The number of para-hydroxylation sites is 1. The number of benzene rings is 2. The van der Waals surface area contributed by atoms with Gasteiger partial charge in [0.15, 0.2) is 0 Å². The van der Waals surface area contributed by atoms with Crippen LogP contribution in [0.4, 0.5) is 0 Å². The van der Waals surface area contributed by atoms with Crippen LogP contribution in [0.2, 0.25) is 0 Å². The van der Waals surface area contributed by atoms with Crippen molar-refractivity contribution in [2.24, 2.45) is 7.05 Å². The molecule has 2 aromatic carbocycles. The molecule has 1 fully saturated rings. The van der Waals surface area contributed by atoms with E-state index in [1.807, 2.05) is 19.1 Å². The van der Waals surface area contributed by atoms with Crippen molar-refractivity contribution in [1.82, 2.24) is 18.7 Å². The van der Waals surface area contributed by atoms with Gasteiger partial charge in [-0.05, 0) is 68.9 Å². The molecular weight excluding hydrogens is 472 g/mol. The van der Waals surface area contributed by atoms with Gasteiger partial charge in [-0.15, -0.1) is 0 Å². The van der Waals surface area contributed by atoms with E-state index in [1.165, 1.54) is 27.7 Å². The number of ether oxygens (including phenoxy) is 1. The summed E-state index contributed by atoms with van der Waals surface area (Å²) in [5.41, 5.74) is 6.25. The first kappa shape index (κ1) is 24.6. The van der Waals surface area contributed by atoms with Gasteiger partial charge in [0.2, 0.25) is 10.0 Å². The maximum Gasteiger partial charge on any atom is 0.246 e. The van der Waals surface area contributed by atoms with Crippen LogP contribution in [-0.2, 0) is 23.6 Å². The Balaban J connectivity index is 1.44. The van der Waals surface area contributed by atoms with E-state index in [-0.39, 0.29) is 0 Å². The molecule has 0 bridgehead atoms. The Kier molecular flexibility index (Phi) is 6.43. The molecule has 0 atom stereocenters. The predicted octanol–water partition coefficient (Wildman–Crippen LogP) is 4.93. The molecule has 2 aromatic heterocycles. The van der Waals surface area contributed by atoms with Crippen LogP contribution in [0.3, 0.4) is 0 Å². The van der Waals surface area contributed by atoms with Gasteiger partial charge < -0.3 is 9.30 Å². The number of sulfonamides is 1. The third-order valence-corrected chi connectivity index (χ3v) is 9.81. The highest BCUT2D eigenvalue weighted by molar-refractivity contribution is 7.89. The smallest absolute Gasteiger partial charge is 0.246 e. The molecule has 0 spiro atoms. The fourth-order valence-electron chi connectivity index (χ4n) is 5.77. The van der Waals surface area contributed by atoms with Gasteiger partial charge >= 0.3 is 0 Å². The summed E-state index contributed by atoms with van der Waals surface area (Å²) < 4.78 is 38.1. The fourth-order valence-corrected chi connectivity index (χ4v) is 7.64. The Morgan fingerprint density at radius 3 is 2.39 bits per heavy atom. The van der Waals surface area contributed by atoms with Crippen LogP contribution in [0.25, 0.3) is 10.9 Å². The number of aryl methyl sites for hydroxylation is 2. The quantitative estimate of drug-likeness (QED) is 0.372. The van der Waals surface area contributed by atoms with E-state index < -0.39 is 10.0 Å². The third-order valence-electron chi connectivity index (χ3n) is 7.66. The minimum Gasteiger partial charge on any atom is -0.497 e. The van der Waals surface area contributed by atoms with E-state index in [9.17, 15) is 8.42 Å². The number of hydrogen-bond acceptors (Lipinski definition) is 4. The second kappa shape index (κ2) is 9.41. The first-order valence-electron chi connectivity index (χ1n) is 12.4. The van der Waals surface area contributed by atoms with Crippen molar-refractivity contribution in [2.75, 3.05) is 20.2 Å². The summed E-state index contributed by atoms with van der Waals surface area (Å²) in [6, 6.07) is 16.8. The van der Waals surface area contributed by atoms with Crippen molar-refractivity contribution in [3.63, 3.8) is 0 Å². The molecule has 0 amide bonds. The predicted molar refractivity (Wildman–Crippen MR) is 142 cm³/mol. The lowest BCUT2D eigenvalue weighted by Gasteiger charge is -2.31. The van der Waals surface area contributed by atoms with Crippen molar-refractivity contribution < 1.29 is 13.2 Å². The van der Waals surface area contributed by atoms with Gasteiger partial charge in [0, 0.05) is 43.3 Å². The van der Waals surface area contributed by atoms with E-state index in [2.05, 4.69) is 53.0 Å². The number of aromatic nitrogens is 3. The molecule has 3 heterocycles. The van der Waals surface area contributed by atoms with Crippen molar-refractivity contribution >= 4 is 20.9 Å². The Bertz CT molecular complexity index is 1530. The van der Waals surface area contributed by atoms with E-state index in [1.54, 1.807) is 30.1 Å². The maximum absolute atomic E-state index is 13.5. The topological polar surface area (TPSA) is 69.4 Å². The number of nitrogens with zero attached hydrogens (tertiary/aromatic N) is 4. The van der Waals surface area contributed by atoms with Crippen LogP contribution in [0, 0.1) is 20.8 Å². The van der Waals surface area contributed by atoms with Gasteiger partial charge in [-0.25, -0.2) is 8.42 Å². The molecule has 0 saturated carbocycles. The van der Waals surface area contributed by atoms with E-state index in [0.717, 1.165) is 25.1 Å². The Morgan fingerprint density at radius 2 is 1.72 bits per heavy atom. The summed E-state index contributed by atoms with van der Waals surface area (Å²) in [5, 5.41) is 5.59. The molecule has 1 saturated heterocycles. The van der Waals surface area contributed by atoms with Gasteiger partial charge in [-0.2, -0.15) is 9.40 Å². The highest BCUT2D eigenvalue weighted by Gasteiger charge is 2.35. The van der Waals surface area contributed by atoms with Gasteiger partial charge in [0.25, 0.3) is 0 Å². The maximum atomic E-state index is 13.5. The van der Waals surface area contributed by atoms with Crippen LogP contribution in [0.5, 0.6) is 5.75 Å². The summed E-state index contributed by atoms with van der Waals surface area (Å²) in [7, 11) is -0.0891. The number of piperidine rings is 1. The lowest BCUT2D eigenvalue weighted by molar-refractivity contribution is 0.319. The highest BCUT2D eigenvalue weighted by Crippen LogP contribution is 2.39. The van der Waals surface area contributed by atoms with Gasteiger partial charge in [0.05, 0.1) is 18.5 Å². The second-order valence-corrected chi connectivity index (χ2v) is 11.6. The number of rotatable bonds is 6.